The van der Waals surface area contributed by atoms with Crippen LogP contribution in [0, 0.1) is 6.92 Å². The van der Waals surface area contributed by atoms with E-state index >= 15 is 0 Å². The van der Waals surface area contributed by atoms with Crippen molar-refractivity contribution in [3.63, 3.8) is 0 Å². The van der Waals surface area contributed by atoms with Crippen molar-refractivity contribution < 1.29 is 0 Å². The first-order valence-electron chi connectivity index (χ1n) is 5.62. The molecule has 0 unspecified atom stereocenters. The van der Waals surface area contributed by atoms with Crippen LogP contribution in [0.5, 0.6) is 0 Å². The van der Waals surface area contributed by atoms with Gasteiger partial charge < -0.3 is 0 Å². The molecule has 2 aromatic heterocycles. The Morgan fingerprint density at radius 2 is 1.53 bits per heavy atom. The number of thiophene rings is 2. The van der Waals surface area contributed by atoms with E-state index in [9.17, 15) is 0 Å². The SMILES string of the molecule is Cc1cc2c(ccc3c4ccsc4ccc23)s1. The molecular weight excluding hydrogens is 244 g/mol. The van der Waals surface area contributed by atoms with Gasteiger partial charge >= 0.3 is 0 Å². The first-order chi connectivity index (χ1) is 8.33. The maximum atomic E-state index is 2.31. The molecule has 0 atom stereocenters. The number of benzene rings is 2. The van der Waals surface area contributed by atoms with Crippen LogP contribution in [-0.2, 0) is 0 Å². The van der Waals surface area contributed by atoms with Gasteiger partial charge in [-0.2, -0.15) is 0 Å². The van der Waals surface area contributed by atoms with Crippen molar-refractivity contribution in [1.29, 1.82) is 0 Å². The molecule has 17 heavy (non-hydrogen) atoms. The summed E-state index contributed by atoms with van der Waals surface area (Å²) in [5.74, 6) is 0. The monoisotopic (exact) mass is 254 g/mol. The lowest BCUT2D eigenvalue weighted by Gasteiger charge is -2.01. The molecule has 0 nitrogen and oxygen atoms in total. The Morgan fingerprint density at radius 1 is 0.765 bits per heavy atom. The van der Waals surface area contributed by atoms with Crippen LogP contribution in [0.4, 0.5) is 0 Å². The fraction of sp³-hybridized carbons (Fsp3) is 0.0667. The molecule has 0 amide bonds. The van der Waals surface area contributed by atoms with Crippen LogP contribution < -0.4 is 0 Å². The summed E-state index contributed by atoms with van der Waals surface area (Å²) in [6, 6.07) is 13.6. The first kappa shape index (κ1) is 9.63. The quantitative estimate of drug-likeness (QED) is 0.384. The molecule has 2 heteroatoms. The Balaban J connectivity index is 2.33. The van der Waals surface area contributed by atoms with Gasteiger partial charge in [-0.05, 0) is 47.3 Å². The van der Waals surface area contributed by atoms with Crippen molar-refractivity contribution in [2.45, 2.75) is 6.92 Å². The van der Waals surface area contributed by atoms with E-state index in [0.717, 1.165) is 0 Å². The third-order valence-electron chi connectivity index (χ3n) is 3.25. The largest absolute Gasteiger partial charge is 0.144 e. The van der Waals surface area contributed by atoms with Gasteiger partial charge in [0.05, 0.1) is 0 Å². The van der Waals surface area contributed by atoms with Gasteiger partial charge in [-0.3, -0.25) is 0 Å². The van der Waals surface area contributed by atoms with Crippen molar-refractivity contribution >= 4 is 53.6 Å². The van der Waals surface area contributed by atoms with E-state index in [-0.39, 0.29) is 0 Å². The second kappa shape index (κ2) is 3.31. The van der Waals surface area contributed by atoms with Crippen LogP contribution in [0.3, 0.4) is 0 Å². The van der Waals surface area contributed by atoms with E-state index in [1.807, 2.05) is 22.7 Å². The summed E-state index contributed by atoms with van der Waals surface area (Å²) in [7, 11) is 0. The highest BCUT2D eigenvalue weighted by atomic mass is 32.1. The number of aryl methyl sites for hydroxylation is 1. The minimum atomic E-state index is 1.38. The van der Waals surface area contributed by atoms with Crippen LogP contribution in [0.25, 0.3) is 30.9 Å². The third kappa shape index (κ3) is 1.28. The first-order valence-corrected chi connectivity index (χ1v) is 7.31. The molecular formula is C15H10S2. The van der Waals surface area contributed by atoms with Crippen molar-refractivity contribution in [3.05, 3.63) is 46.7 Å². The minimum Gasteiger partial charge on any atom is -0.144 e. The fourth-order valence-corrected chi connectivity index (χ4v) is 4.25. The van der Waals surface area contributed by atoms with Crippen LogP contribution in [0.15, 0.2) is 41.8 Å². The Labute approximate surface area is 107 Å². The average molecular weight is 254 g/mol. The molecule has 0 spiro atoms. The van der Waals surface area contributed by atoms with Gasteiger partial charge in [0.25, 0.3) is 0 Å². The molecule has 0 aliphatic heterocycles. The summed E-state index contributed by atoms with van der Waals surface area (Å²) in [5.41, 5.74) is 0. The lowest BCUT2D eigenvalue weighted by atomic mass is 10.0. The van der Waals surface area contributed by atoms with Gasteiger partial charge in [-0.1, -0.05) is 12.1 Å². The Morgan fingerprint density at radius 3 is 2.41 bits per heavy atom. The molecule has 4 rings (SSSR count). The molecule has 0 aliphatic rings. The zero-order valence-corrected chi connectivity index (χ0v) is 11.0. The molecule has 0 aliphatic carbocycles. The normalized spacial score (nSPS) is 11.8. The minimum absolute atomic E-state index is 1.38. The number of rotatable bonds is 0. The fourth-order valence-electron chi connectivity index (χ4n) is 2.51. The Hall–Kier alpha value is -1.38. The predicted molar refractivity (Wildman–Crippen MR) is 79.5 cm³/mol. The van der Waals surface area contributed by atoms with Gasteiger partial charge in [-0.15, -0.1) is 22.7 Å². The molecule has 0 saturated heterocycles. The van der Waals surface area contributed by atoms with E-state index < -0.39 is 0 Å². The topological polar surface area (TPSA) is 0 Å². The van der Waals surface area contributed by atoms with E-state index in [1.165, 1.54) is 35.8 Å². The second-order valence-electron chi connectivity index (χ2n) is 4.33. The highest BCUT2D eigenvalue weighted by molar-refractivity contribution is 7.19. The molecule has 82 valence electrons. The summed E-state index contributed by atoms with van der Waals surface area (Å²) in [4.78, 5) is 1.39. The lowest BCUT2D eigenvalue weighted by molar-refractivity contribution is 1.66. The zero-order valence-electron chi connectivity index (χ0n) is 9.36. The smallest absolute Gasteiger partial charge is 0.0352 e. The Kier molecular flexibility index (Phi) is 1.88. The van der Waals surface area contributed by atoms with E-state index in [0.29, 0.717) is 0 Å². The molecule has 2 heterocycles. The molecule has 0 N–H and O–H groups in total. The van der Waals surface area contributed by atoms with E-state index in [2.05, 4.69) is 48.7 Å². The third-order valence-corrected chi connectivity index (χ3v) is 5.15. The molecule has 2 aromatic carbocycles. The summed E-state index contributed by atoms with van der Waals surface area (Å²) >= 11 is 3.69. The van der Waals surface area contributed by atoms with Crippen molar-refractivity contribution in [2.24, 2.45) is 0 Å². The maximum Gasteiger partial charge on any atom is 0.0352 e. The Bertz CT molecular complexity index is 849. The molecule has 0 saturated carbocycles. The van der Waals surface area contributed by atoms with Gasteiger partial charge in [0.2, 0.25) is 0 Å². The van der Waals surface area contributed by atoms with Crippen molar-refractivity contribution in [2.75, 3.05) is 0 Å². The summed E-state index contributed by atoms with van der Waals surface area (Å²) in [5, 5.41) is 7.73. The standard InChI is InChI=1S/C15H10S2/c1-9-8-13-11-2-4-14-12(6-7-16-14)10(11)3-5-15(13)17-9/h2-8H,1H3. The van der Waals surface area contributed by atoms with Crippen molar-refractivity contribution in [1.82, 2.24) is 0 Å². The highest BCUT2D eigenvalue weighted by Crippen LogP contribution is 2.36. The van der Waals surface area contributed by atoms with Gasteiger partial charge in [0.15, 0.2) is 0 Å². The molecule has 4 aromatic rings. The lowest BCUT2D eigenvalue weighted by Crippen LogP contribution is -1.73. The van der Waals surface area contributed by atoms with E-state index in [1.54, 1.807) is 0 Å². The maximum absolute atomic E-state index is 2.31. The summed E-state index contributed by atoms with van der Waals surface area (Å²) in [6.45, 7) is 2.18. The predicted octanol–water partition coefficient (Wildman–Crippen LogP) is 5.58. The van der Waals surface area contributed by atoms with Crippen LogP contribution in [-0.4, -0.2) is 0 Å². The second-order valence-corrected chi connectivity index (χ2v) is 6.56. The number of fused-ring (bicyclic) bond motifs is 5. The van der Waals surface area contributed by atoms with Crippen LogP contribution in [0.2, 0.25) is 0 Å². The number of hydrogen-bond donors (Lipinski definition) is 0. The highest BCUT2D eigenvalue weighted by Gasteiger charge is 2.06. The van der Waals surface area contributed by atoms with Crippen LogP contribution in [0.1, 0.15) is 4.88 Å². The summed E-state index contributed by atoms with van der Waals surface area (Å²) in [6.07, 6.45) is 0. The molecule has 0 fully saturated rings. The molecule has 0 bridgehead atoms. The van der Waals surface area contributed by atoms with Crippen LogP contribution >= 0.6 is 22.7 Å². The molecule has 0 radical (unpaired) electrons. The van der Waals surface area contributed by atoms with Gasteiger partial charge in [0, 0.05) is 25.0 Å². The zero-order chi connectivity index (χ0) is 11.4. The van der Waals surface area contributed by atoms with Gasteiger partial charge in [-0.25, -0.2) is 0 Å². The average Bonchev–Trinajstić information content (AvgIpc) is 2.92. The summed E-state index contributed by atoms with van der Waals surface area (Å²) < 4.78 is 2.77. The number of hydrogen-bond acceptors (Lipinski definition) is 2. The van der Waals surface area contributed by atoms with E-state index in [4.69, 9.17) is 0 Å². The van der Waals surface area contributed by atoms with Crippen molar-refractivity contribution in [3.8, 4) is 0 Å². The van der Waals surface area contributed by atoms with Gasteiger partial charge in [0.1, 0.15) is 0 Å².